The maximum atomic E-state index is 14.8. The number of carbonyl (C=O) groups excluding carboxylic acids is 6. The van der Waals surface area contributed by atoms with Gasteiger partial charge >= 0.3 is 5.97 Å². The van der Waals surface area contributed by atoms with Gasteiger partial charge < -0.3 is 115 Å². The van der Waals surface area contributed by atoms with Crippen LogP contribution in [0.4, 0.5) is 0 Å². The molecule has 111 heavy (non-hydrogen) atoms. The van der Waals surface area contributed by atoms with Gasteiger partial charge in [-0.1, -0.05) is 86.3 Å². The third-order valence-corrected chi connectivity index (χ3v) is 25.2. The van der Waals surface area contributed by atoms with Crippen LogP contribution in [-0.2, 0) is 71.4 Å². The molecule has 0 bridgehead atoms. The first-order valence-electron chi connectivity index (χ1n) is 42.4. The normalized spacial score (nSPS) is 33.2. The van der Waals surface area contributed by atoms with E-state index in [0.29, 0.717) is 70.3 Å². The van der Waals surface area contributed by atoms with Crippen LogP contribution in [0.2, 0.25) is 0 Å². The van der Waals surface area contributed by atoms with E-state index in [0.717, 1.165) is 67.1 Å². The molecular weight excluding hydrogens is 1440 g/mol. The Morgan fingerprint density at radius 3 is 1.54 bits per heavy atom. The number of allylic oxidation sites excluding steroid dienone is 1. The minimum atomic E-state index is -1.27. The van der Waals surface area contributed by atoms with E-state index in [1.54, 1.807) is 20.8 Å². The molecule has 0 spiro atoms. The molecule has 4 aliphatic carbocycles. The predicted octanol–water partition coefficient (Wildman–Crippen LogP) is 4.62. The Kier molecular flexibility index (Phi) is 41.1. The molecule has 3 aliphatic heterocycles. The smallest absolute Gasteiger partial charge is 0.306 e. The topological polar surface area (TPSA) is 419 Å². The van der Waals surface area contributed by atoms with E-state index in [1.165, 1.54) is 49.0 Å². The lowest BCUT2D eigenvalue weighted by Gasteiger charge is -2.57. The van der Waals surface area contributed by atoms with Crippen molar-refractivity contribution in [1.29, 1.82) is 0 Å². The number of rotatable bonds is 50. The molecule has 25 atom stereocenters. The third-order valence-electron chi connectivity index (χ3n) is 25.2. The van der Waals surface area contributed by atoms with Crippen molar-refractivity contribution in [2.75, 3.05) is 98.8 Å². The van der Waals surface area contributed by atoms with Gasteiger partial charge in [0.25, 0.3) is 0 Å². The zero-order valence-corrected chi connectivity index (χ0v) is 67.9. The summed E-state index contributed by atoms with van der Waals surface area (Å²) in [7, 11) is 0. The van der Waals surface area contributed by atoms with Crippen molar-refractivity contribution >= 4 is 35.5 Å². The Bertz CT molecular complexity index is 2720. The van der Waals surface area contributed by atoms with E-state index in [9.17, 15) is 74.7 Å². The van der Waals surface area contributed by atoms with Gasteiger partial charge in [0.05, 0.1) is 58.0 Å². The third kappa shape index (κ3) is 28.6. The zero-order chi connectivity index (χ0) is 80.7. The Hall–Kier alpha value is -4.12. The first-order valence-corrected chi connectivity index (χ1v) is 42.4. The summed E-state index contributed by atoms with van der Waals surface area (Å²) in [6.07, 6.45) is 6.25. The lowest BCUT2D eigenvalue weighted by Crippen LogP contribution is -2.55. The average molecular weight is 1580 g/mol. The number of ether oxygens (including phenoxy) is 9. The van der Waals surface area contributed by atoms with Crippen LogP contribution in [0, 0.1) is 70.5 Å². The summed E-state index contributed by atoms with van der Waals surface area (Å²) in [5.41, 5.74) is 1.66. The number of fused-ring (bicyclic) bond motifs is 5. The molecule has 13 N–H and O–H groups in total. The molecule has 0 aromatic heterocycles. The maximum Gasteiger partial charge on any atom is 0.306 e. The van der Waals surface area contributed by atoms with Gasteiger partial charge in [-0.15, -0.1) is 0 Å². The van der Waals surface area contributed by atoms with Crippen molar-refractivity contribution in [3.63, 3.8) is 0 Å². The van der Waals surface area contributed by atoms with Gasteiger partial charge in [0, 0.05) is 115 Å². The van der Waals surface area contributed by atoms with E-state index in [-0.39, 0.29) is 146 Å². The molecule has 0 radical (unpaired) electrons. The summed E-state index contributed by atoms with van der Waals surface area (Å²) in [4.78, 5) is 82.6. The highest BCUT2D eigenvalue weighted by Crippen LogP contribution is 2.64. The van der Waals surface area contributed by atoms with Gasteiger partial charge in [-0.25, -0.2) is 0 Å². The minimum absolute atomic E-state index is 0.000520. The summed E-state index contributed by atoms with van der Waals surface area (Å²) < 4.78 is 52.1. The molecule has 0 aromatic carbocycles. The SMILES string of the molecule is CC(C)CCC[C@@H](C)C1CCC2C3CC=C4C[C@@H](OC(=O)CCCOCCOCCC(=O)NC(CCCCNC(=O)CCCCOC5OC(CO)C(O)C(O)C5C)C(=O)N(CCNC(=O)CCCCOC5OC(CO)C(O)C(O)C5C)CCNC(=O)CCCCOC5OC(CO)C(O)C(O)C5C)CC[C@]4(C)C3C[C@@H](C)C21. The quantitative estimate of drug-likeness (QED) is 0.0224. The highest BCUT2D eigenvalue weighted by molar-refractivity contribution is 5.88. The van der Waals surface area contributed by atoms with Gasteiger partial charge in [-0.05, 0) is 155 Å². The van der Waals surface area contributed by atoms with Crippen LogP contribution in [0.5, 0.6) is 0 Å². The second-order valence-corrected chi connectivity index (χ2v) is 33.8. The number of carbonyl (C=O) groups is 6. The number of nitrogens with zero attached hydrogens (tertiary/aromatic N) is 1. The molecule has 6 fully saturated rings. The van der Waals surface area contributed by atoms with Crippen LogP contribution < -0.4 is 21.3 Å². The highest BCUT2D eigenvalue weighted by Gasteiger charge is 2.57. The molecule has 5 amide bonds. The van der Waals surface area contributed by atoms with Crippen LogP contribution in [0.15, 0.2) is 11.6 Å². The number of esters is 1. The summed E-state index contributed by atoms with van der Waals surface area (Å²) in [6, 6.07) is -1.06. The second-order valence-electron chi connectivity index (χ2n) is 33.8. The van der Waals surface area contributed by atoms with Gasteiger partial charge in [0.1, 0.15) is 48.8 Å². The first kappa shape index (κ1) is 94.0. The highest BCUT2D eigenvalue weighted by atomic mass is 16.7. The van der Waals surface area contributed by atoms with Gasteiger partial charge in [0.15, 0.2) is 18.9 Å². The number of aliphatic hydroxyl groups is 9. The van der Waals surface area contributed by atoms with Gasteiger partial charge in [0.2, 0.25) is 29.5 Å². The summed E-state index contributed by atoms with van der Waals surface area (Å²) in [5.74, 6) is 2.59. The predicted molar refractivity (Wildman–Crippen MR) is 410 cm³/mol. The molecule has 0 aromatic rings. The molecule has 3 heterocycles. The van der Waals surface area contributed by atoms with Crippen LogP contribution >= 0.6 is 0 Å². The van der Waals surface area contributed by atoms with E-state index >= 15 is 0 Å². The van der Waals surface area contributed by atoms with Crippen LogP contribution in [0.25, 0.3) is 0 Å². The summed E-state index contributed by atoms with van der Waals surface area (Å²) in [5, 5.41) is 102. The number of hydrogen-bond acceptors (Lipinski definition) is 24. The van der Waals surface area contributed by atoms with Crippen molar-refractivity contribution in [3.8, 4) is 0 Å². The monoisotopic (exact) mass is 1580 g/mol. The van der Waals surface area contributed by atoms with Crippen molar-refractivity contribution in [2.24, 2.45) is 70.5 Å². The van der Waals surface area contributed by atoms with Crippen molar-refractivity contribution in [3.05, 3.63) is 11.6 Å². The number of unbranched alkanes of at least 4 members (excludes halogenated alkanes) is 4. The standard InChI is InChI=1S/C82H143N5O24/c1-50(2)19-17-20-51(3)58-28-29-60-59-27-26-56-46-57(30-32-82(56,8)61(59)45-52(4)71(58)60)108-70(95)25-18-38-103-43-44-104-42-31-69(94)86-62(21-9-13-33-83-66(91)22-10-14-39-105-79-53(5)72(96)75(99)63(47-88)109-79)78(102)87(36-34-84-67(92)23-11-15-40-106-80-54(6)73(97)76(100)64(48-89)110-80)37-35-85-68(93)24-12-16-41-107-81-55(7)74(98)77(101)65(49-90)111-81/h26,50-55,57-65,71-77,79-81,88-90,96-101H,9-25,27-49H2,1-8H3,(H,83,91)(H,84,92)(H,85,93)(H,86,94)/t51-,52-,53?,54?,55?,57+,58?,59?,60?,61?,62?,63?,64?,65?,71?,72?,73?,74?,75?,76?,77?,79?,80?,81?,82+/m1/s1. The van der Waals surface area contributed by atoms with E-state index in [4.69, 9.17) is 42.6 Å². The van der Waals surface area contributed by atoms with E-state index < -0.39 is 129 Å². The molecular formula is C82H143N5O24. The second kappa shape index (κ2) is 48.6. The minimum Gasteiger partial charge on any atom is -0.462 e. The first-order chi connectivity index (χ1) is 53.2. The van der Waals surface area contributed by atoms with Gasteiger partial charge in [-0.2, -0.15) is 0 Å². The number of amides is 5. The van der Waals surface area contributed by atoms with Gasteiger partial charge in [-0.3, -0.25) is 28.8 Å². The fraction of sp³-hybridized carbons (Fsp3) is 0.902. The number of hydrogen-bond donors (Lipinski definition) is 13. The zero-order valence-electron chi connectivity index (χ0n) is 67.9. The summed E-state index contributed by atoms with van der Waals surface area (Å²) >= 11 is 0. The molecule has 3 saturated heterocycles. The molecule has 3 saturated carbocycles. The van der Waals surface area contributed by atoms with Crippen molar-refractivity contribution < 1.29 is 117 Å². The lowest BCUT2D eigenvalue weighted by atomic mass is 9.48. The average Bonchev–Trinajstić information content (AvgIpc) is 1.71. The molecule has 29 heteroatoms. The fourth-order valence-electron chi connectivity index (χ4n) is 18.3. The molecule has 29 nitrogen and oxygen atoms in total. The van der Waals surface area contributed by atoms with E-state index in [2.05, 4.69) is 62.0 Å². The summed E-state index contributed by atoms with van der Waals surface area (Å²) in [6.45, 7) is 17.4. The number of aliphatic hydroxyl groups excluding tert-OH is 9. The largest absolute Gasteiger partial charge is 0.462 e. The maximum absolute atomic E-state index is 14.8. The molecule has 7 rings (SSSR count). The van der Waals surface area contributed by atoms with Crippen LogP contribution in [0.3, 0.4) is 0 Å². The van der Waals surface area contributed by atoms with Crippen LogP contribution in [-0.4, -0.2) is 271 Å². The van der Waals surface area contributed by atoms with E-state index in [1.807, 2.05) is 0 Å². The fourth-order valence-corrected chi connectivity index (χ4v) is 18.3. The Morgan fingerprint density at radius 2 is 1.04 bits per heavy atom. The Balaban J connectivity index is 0.864. The Labute approximate surface area is 659 Å². The van der Waals surface area contributed by atoms with Crippen molar-refractivity contribution in [2.45, 2.75) is 302 Å². The molecule has 7 aliphatic rings. The Morgan fingerprint density at radius 1 is 0.532 bits per heavy atom. The number of nitrogens with one attached hydrogen (secondary N) is 4. The van der Waals surface area contributed by atoms with Crippen LogP contribution in [0.1, 0.15) is 216 Å². The molecule has 640 valence electrons. The molecule has 21 unspecified atom stereocenters. The van der Waals surface area contributed by atoms with Crippen molar-refractivity contribution in [1.82, 2.24) is 26.2 Å². The lowest BCUT2D eigenvalue weighted by molar-refractivity contribution is -0.282.